The highest BCUT2D eigenvalue weighted by Crippen LogP contribution is 2.22. The van der Waals surface area contributed by atoms with E-state index in [1.165, 1.54) is 22.5 Å². The molecule has 1 saturated heterocycles. The summed E-state index contributed by atoms with van der Waals surface area (Å²) in [4.78, 5) is 1.74. The van der Waals surface area contributed by atoms with Crippen LogP contribution in [0.2, 0.25) is 0 Å². The van der Waals surface area contributed by atoms with Crippen LogP contribution in [0.5, 0.6) is 0 Å². The van der Waals surface area contributed by atoms with E-state index in [-0.39, 0.29) is 17.5 Å². The zero-order chi connectivity index (χ0) is 14.0. The highest BCUT2D eigenvalue weighted by atomic mass is 32.2. The van der Waals surface area contributed by atoms with Crippen LogP contribution in [0, 0.1) is 5.82 Å². The molecule has 1 fully saturated rings. The van der Waals surface area contributed by atoms with Gasteiger partial charge in [0.2, 0.25) is 10.0 Å². The average Bonchev–Trinajstić information content (AvgIpc) is 2.38. The molecule has 1 aliphatic rings. The van der Waals surface area contributed by atoms with Gasteiger partial charge >= 0.3 is 0 Å². The monoisotopic (exact) mass is 287 g/mol. The highest BCUT2D eigenvalue weighted by molar-refractivity contribution is 7.89. The second-order valence-electron chi connectivity index (χ2n) is 4.70. The minimum atomic E-state index is -3.83. The average molecular weight is 287 g/mol. The molecule has 1 atom stereocenters. The highest BCUT2D eigenvalue weighted by Gasteiger charge is 2.35. The summed E-state index contributed by atoms with van der Waals surface area (Å²) in [5, 5.41) is 0. The van der Waals surface area contributed by atoms with Crippen molar-refractivity contribution < 1.29 is 12.8 Å². The van der Waals surface area contributed by atoms with E-state index in [1.54, 1.807) is 0 Å². The van der Waals surface area contributed by atoms with Gasteiger partial charge in [-0.2, -0.15) is 4.31 Å². The summed E-state index contributed by atoms with van der Waals surface area (Å²) in [5.41, 5.74) is 5.64. The Bertz CT molecular complexity index is 550. The fourth-order valence-electron chi connectivity index (χ4n) is 2.28. The number of nitrogens with two attached hydrogens (primary N) is 1. The van der Waals surface area contributed by atoms with Crippen LogP contribution in [0.3, 0.4) is 0 Å². The number of hydrogen-bond donors (Lipinski definition) is 1. The fourth-order valence-corrected chi connectivity index (χ4v) is 3.97. The number of benzene rings is 1. The quantitative estimate of drug-likeness (QED) is 0.855. The molecule has 5 nitrogen and oxygen atoms in total. The lowest BCUT2D eigenvalue weighted by atomic mass is 10.2. The molecule has 2 N–H and O–H groups in total. The molecule has 0 aromatic heterocycles. The van der Waals surface area contributed by atoms with Crippen molar-refractivity contribution in [2.45, 2.75) is 10.9 Å². The number of likely N-dealkylation sites (N-methyl/N-ethyl adjacent to an activating group) is 1. The van der Waals surface area contributed by atoms with Gasteiger partial charge in [-0.3, -0.25) is 0 Å². The smallest absolute Gasteiger partial charge is 0.246 e. The van der Waals surface area contributed by atoms with Crippen molar-refractivity contribution in [3.05, 3.63) is 30.1 Å². The maximum Gasteiger partial charge on any atom is 0.246 e. The van der Waals surface area contributed by atoms with Gasteiger partial charge < -0.3 is 10.6 Å². The topological polar surface area (TPSA) is 66.6 Å². The van der Waals surface area contributed by atoms with Crippen molar-refractivity contribution in [3.8, 4) is 0 Å². The number of hydrogen-bond acceptors (Lipinski definition) is 4. The van der Waals surface area contributed by atoms with E-state index < -0.39 is 15.8 Å². The van der Waals surface area contributed by atoms with Crippen molar-refractivity contribution in [2.24, 2.45) is 5.73 Å². The Kier molecular flexibility index (Phi) is 4.19. The standard InChI is InChI=1S/C12H18FN3O2S/c1-15-6-7-16(10(8-14)9-15)19(17,18)12-5-3-2-4-11(12)13/h2-5,10H,6-9,14H2,1H3. The number of nitrogens with zero attached hydrogens (tertiary/aromatic N) is 2. The van der Waals surface area contributed by atoms with Gasteiger partial charge in [0.25, 0.3) is 0 Å². The van der Waals surface area contributed by atoms with Crippen molar-refractivity contribution >= 4 is 10.0 Å². The van der Waals surface area contributed by atoms with E-state index in [0.29, 0.717) is 19.6 Å². The van der Waals surface area contributed by atoms with E-state index in [4.69, 9.17) is 5.73 Å². The minimum Gasteiger partial charge on any atom is -0.329 e. The normalized spacial score (nSPS) is 22.6. The van der Waals surface area contributed by atoms with Crippen LogP contribution in [0.4, 0.5) is 4.39 Å². The van der Waals surface area contributed by atoms with E-state index in [1.807, 2.05) is 11.9 Å². The van der Waals surface area contributed by atoms with Gasteiger partial charge in [-0.25, -0.2) is 12.8 Å². The molecule has 0 aliphatic carbocycles. The molecule has 0 radical (unpaired) electrons. The summed E-state index contributed by atoms with van der Waals surface area (Å²) in [6.07, 6.45) is 0. The van der Waals surface area contributed by atoms with E-state index >= 15 is 0 Å². The van der Waals surface area contributed by atoms with Gasteiger partial charge in [0.15, 0.2) is 0 Å². The number of halogens is 1. The van der Waals surface area contributed by atoms with Gasteiger partial charge in [0, 0.05) is 26.2 Å². The minimum absolute atomic E-state index is 0.220. The molecule has 0 bridgehead atoms. The summed E-state index contributed by atoms with van der Waals surface area (Å²) < 4.78 is 40.0. The van der Waals surface area contributed by atoms with Crippen LogP contribution in [0.25, 0.3) is 0 Å². The maximum absolute atomic E-state index is 13.7. The van der Waals surface area contributed by atoms with Crippen LogP contribution in [0.1, 0.15) is 0 Å². The zero-order valence-electron chi connectivity index (χ0n) is 10.8. The number of sulfonamides is 1. The van der Waals surface area contributed by atoms with Crippen molar-refractivity contribution in [2.75, 3.05) is 33.2 Å². The van der Waals surface area contributed by atoms with Crippen LogP contribution in [-0.2, 0) is 10.0 Å². The molecule has 1 heterocycles. The molecule has 1 aliphatic heterocycles. The molecule has 2 rings (SSSR count). The first kappa shape index (κ1) is 14.4. The Morgan fingerprint density at radius 2 is 2.05 bits per heavy atom. The van der Waals surface area contributed by atoms with E-state index in [9.17, 15) is 12.8 Å². The molecule has 0 spiro atoms. The molecule has 0 amide bonds. The summed E-state index contributed by atoms with van der Waals surface area (Å²) in [6.45, 7) is 1.72. The van der Waals surface area contributed by atoms with Crippen LogP contribution >= 0.6 is 0 Å². The summed E-state index contributed by atoms with van der Waals surface area (Å²) in [5.74, 6) is -0.725. The van der Waals surface area contributed by atoms with Crippen molar-refractivity contribution in [1.82, 2.24) is 9.21 Å². The number of rotatable bonds is 3. The largest absolute Gasteiger partial charge is 0.329 e. The lowest BCUT2D eigenvalue weighted by Crippen LogP contribution is -2.56. The maximum atomic E-state index is 13.7. The molecule has 1 aromatic rings. The Labute approximate surface area is 112 Å². The van der Waals surface area contributed by atoms with Gasteiger partial charge in [0.1, 0.15) is 10.7 Å². The Morgan fingerprint density at radius 1 is 1.37 bits per heavy atom. The molecule has 19 heavy (non-hydrogen) atoms. The van der Waals surface area contributed by atoms with Crippen molar-refractivity contribution in [1.29, 1.82) is 0 Å². The lowest BCUT2D eigenvalue weighted by Gasteiger charge is -2.38. The number of piperazine rings is 1. The molecule has 0 saturated carbocycles. The third kappa shape index (κ3) is 2.79. The third-order valence-electron chi connectivity index (χ3n) is 3.33. The second-order valence-corrected chi connectivity index (χ2v) is 6.56. The van der Waals surface area contributed by atoms with E-state index in [0.717, 1.165) is 6.07 Å². The van der Waals surface area contributed by atoms with Gasteiger partial charge in [-0.05, 0) is 19.2 Å². The van der Waals surface area contributed by atoms with Crippen LogP contribution in [-0.4, -0.2) is 56.9 Å². The molecule has 1 aromatic carbocycles. The fraction of sp³-hybridized carbons (Fsp3) is 0.500. The van der Waals surface area contributed by atoms with Gasteiger partial charge in [-0.1, -0.05) is 12.1 Å². The molecule has 7 heteroatoms. The first-order valence-electron chi connectivity index (χ1n) is 6.12. The zero-order valence-corrected chi connectivity index (χ0v) is 11.6. The Balaban J connectivity index is 2.36. The summed E-state index contributed by atoms with van der Waals surface area (Å²) in [6, 6.07) is 5.11. The summed E-state index contributed by atoms with van der Waals surface area (Å²) in [7, 11) is -1.91. The van der Waals surface area contributed by atoms with Gasteiger partial charge in [-0.15, -0.1) is 0 Å². The Hall–Kier alpha value is -1.02. The molecular formula is C12H18FN3O2S. The predicted molar refractivity (Wildman–Crippen MR) is 70.6 cm³/mol. The van der Waals surface area contributed by atoms with E-state index in [2.05, 4.69) is 0 Å². The predicted octanol–water partition coefficient (Wildman–Crippen LogP) is 0.0891. The molecular weight excluding hydrogens is 269 g/mol. The first-order chi connectivity index (χ1) is 8.96. The van der Waals surface area contributed by atoms with Crippen molar-refractivity contribution in [3.63, 3.8) is 0 Å². The summed E-state index contributed by atoms with van der Waals surface area (Å²) >= 11 is 0. The van der Waals surface area contributed by atoms with Crippen LogP contribution < -0.4 is 5.73 Å². The molecule has 1 unspecified atom stereocenters. The lowest BCUT2D eigenvalue weighted by molar-refractivity contribution is 0.163. The van der Waals surface area contributed by atoms with Crippen LogP contribution in [0.15, 0.2) is 29.2 Å². The molecule has 106 valence electrons. The first-order valence-corrected chi connectivity index (χ1v) is 7.56. The SMILES string of the molecule is CN1CCN(S(=O)(=O)c2ccccc2F)C(CN)C1. The second kappa shape index (κ2) is 5.54. The Morgan fingerprint density at radius 3 is 2.68 bits per heavy atom. The van der Waals surface area contributed by atoms with Gasteiger partial charge in [0.05, 0.1) is 6.04 Å². The third-order valence-corrected chi connectivity index (χ3v) is 5.31.